The van der Waals surface area contributed by atoms with E-state index in [0.717, 1.165) is 18.7 Å². The first-order chi connectivity index (χ1) is 6.56. The molecule has 0 aromatic carbocycles. The van der Waals surface area contributed by atoms with E-state index in [1.54, 1.807) is 0 Å². The molecule has 0 spiro atoms. The number of aliphatic carboxylic acids is 1. The van der Waals surface area contributed by atoms with Gasteiger partial charge in [0.1, 0.15) is 0 Å². The molecule has 0 bridgehead atoms. The summed E-state index contributed by atoms with van der Waals surface area (Å²) < 4.78 is 0. The standard InChI is InChI=1S/C11H21NO2/c1-4-5-6-7-12(3)9-10(2)8-11(13)14/h8H,4-7,9H2,1-3H3,(H,13,14). The zero-order chi connectivity index (χ0) is 11.0. The maximum absolute atomic E-state index is 10.4. The third-order valence-electron chi connectivity index (χ3n) is 2.03. The highest BCUT2D eigenvalue weighted by molar-refractivity contribution is 5.80. The third kappa shape index (κ3) is 7.80. The minimum Gasteiger partial charge on any atom is -0.478 e. The quantitative estimate of drug-likeness (QED) is 0.504. The summed E-state index contributed by atoms with van der Waals surface area (Å²) in [4.78, 5) is 12.5. The molecule has 0 heterocycles. The molecule has 0 amide bonds. The monoisotopic (exact) mass is 199 g/mol. The summed E-state index contributed by atoms with van der Waals surface area (Å²) in [5.41, 5.74) is 0.900. The van der Waals surface area contributed by atoms with E-state index in [1.807, 2.05) is 14.0 Å². The number of hydrogen-bond acceptors (Lipinski definition) is 2. The van der Waals surface area contributed by atoms with Crippen molar-refractivity contribution in [2.75, 3.05) is 20.1 Å². The molecule has 82 valence electrons. The van der Waals surface area contributed by atoms with Gasteiger partial charge in [0.15, 0.2) is 0 Å². The largest absolute Gasteiger partial charge is 0.478 e. The van der Waals surface area contributed by atoms with E-state index in [4.69, 9.17) is 5.11 Å². The lowest BCUT2D eigenvalue weighted by atomic mass is 10.2. The summed E-state index contributed by atoms with van der Waals surface area (Å²) in [6.07, 6.45) is 4.92. The fourth-order valence-corrected chi connectivity index (χ4v) is 1.39. The summed E-state index contributed by atoms with van der Waals surface area (Å²) in [5, 5.41) is 8.52. The maximum atomic E-state index is 10.4. The predicted octanol–water partition coefficient (Wildman–Crippen LogP) is 2.14. The van der Waals surface area contributed by atoms with Gasteiger partial charge in [-0.15, -0.1) is 0 Å². The number of unbranched alkanes of at least 4 members (excludes halogenated alkanes) is 2. The molecule has 1 N–H and O–H groups in total. The summed E-state index contributed by atoms with van der Waals surface area (Å²) in [6, 6.07) is 0. The summed E-state index contributed by atoms with van der Waals surface area (Å²) in [6.45, 7) is 5.81. The van der Waals surface area contributed by atoms with Crippen molar-refractivity contribution in [2.24, 2.45) is 0 Å². The Labute approximate surface area is 86.4 Å². The van der Waals surface area contributed by atoms with Crippen LogP contribution >= 0.6 is 0 Å². The van der Waals surface area contributed by atoms with Gasteiger partial charge in [0.05, 0.1) is 0 Å². The number of hydrogen-bond donors (Lipinski definition) is 1. The second-order valence-electron chi connectivity index (χ2n) is 3.77. The smallest absolute Gasteiger partial charge is 0.328 e. The Kier molecular flexibility index (Phi) is 7.11. The van der Waals surface area contributed by atoms with Gasteiger partial charge in [-0.1, -0.05) is 25.3 Å². The van der Waals surface area contributed by atoms with Crippen LogP contribution in [0.25, 0.3) is 0 Å². The van der Waals surface area contributed by atoms with Crippen molar-refractivity contribution < 1.29 is 9.90 Å². The third-order valence-corrected chi connectivity index (χ3v) is 2.03. The Morgan fingerprint density at radius 1 is 1.43 bits per heavy atom. The van der Waals surface area contributed by atoms with Crippen LogP contribution in [0.1, 0.15) is 33.1 Å². The van der Waals surface area contributed by atoms with Crippen LogP contribution in [-0.2, 0) is 4.79 Å². The predicted molar refractivity (Wildman–Crippen MR) is 58.4 cm³/mol. The fourth-order valence-electron chi connectivity index (χ4n) is 1.39. The minimum atomic E-state index is -0.857. The SMILES string of the molecule is CCCCCN(C)CC(C)=CC(=O)O. The highest BCUT2D eigenvalue weighted by atomic mass is 16.4. The average molecular weight is 199 g/mol. The Morgan fingerprint density at radius 2 is 2.07 bits per heavy atom. The van der Waals surface area contributed by atoms with Crippen molar-refractivity contribution >= 4 is 5.97 Å². The van der Waals surface area contributed by atoms with Crippen molar-refractivity contribution in [1.82, 2.24) is 4.90 Å². The molecule has 0 fully saturated rings. The Balaban J connectivity index is 3.70. The number of rotatable bonds is 7. The molecule has 0 aromatic heterocycles. The molecule has 3 heteroatoms. The van der Waals surface area contributed by atoms with E-state index in [1.165, 1.54) is 25.3 Å². The molecular weight excluding hydrogens is 178 g/mol. The molecule has 0 saturated carbocycles. The van der Waals surface area contributed by atoms with E-state index in [2.05, 4.69) is 11.8 Å². The van der Waals surface area contributed by atoms with Crippen LogP contribution in [0.5, 0.6) is 0 Å². The second-order valence-corrected chi connectivity index (χ2v) is 3.77. The molecule has 0 unspecified atom stereocenters. The second kappa shape index (κ2) is 7.56. The highest BCUT2D eigenvalue weighted by Gasteiger charge is 2.00. The molecule has 0 aromatic rings. The lowest BCUT2D eigenvalue weighted by molar-refractivity contribution is -0.131. The first-order valence-corrected chi connectivity index (χ1v) is 5.15. The van der Waals surface area contributed by atoms with E-state index in [-0.39, 0.29) is 0 Å². The first-order valence-electron chi connectivity index (χ1n) is 5.15. The van der Waals surface area contributed by atoms with Crippen molar-refractivity contribution in [2.45, 2.75) is 33.1 Å². The average Bonchev–Trinajstić information content (AvgIpc) is 2.02. The first kappa shape index (κ1) is 13.2. The molecule has 0 rings (SSSR count). The number of likely N-dealkylation sites (N-methyl/N-ethyl adjacent to an activating group) is 1. The van der Waals surface area contributed by atoms with Crippen LogP contribution in [-0.4, -0.2) is 36.1 Å². The van der Waals surface area contributed by atoms with Gasteiger partial charge in [-0.25, -0.2) is 4.79 Å². The normalized spacial score (nSPS) is 12.1. The summed E-state index contributed by atoms with van der Waals surface area (Å²) in [7, 11) is 2.02. The highest BCUT2D eigenvalue weighted by Crippen LogP contribution is 2.00. The Morgan fingerprint density at radius 3 is 2.57 bits per heavy atom. The molecule has 0 aliphatic carbocycles. The van der Waals surface area contributed by atoms with Gasteiger partial charge >= 0.3 is 5.97 Å². The summed E-state index contributed by atoms with van der Waals surface area (Å²) >= 11 is 0. The van der Waals surface area contributed by atoms with Gasteiger partial charge in [0, 0.05) is 12.6 Å². The molecule has 3 nitrogen and oxygen atoms in total. The van der Waals surface area contributed by atoms with Gasteiger partial charge in [-0.3, -0.25) is 0 Å². The topological polar surface area (TPSA) is 40.5 Å². The van der Waals surface area contributed by atoms with Crippen LogP contribution in [0.4, 0.5) is 0 Å². The minimum absolute atomic E-state index is 0.746. The van der Waals surface area contributed by atoms with Crippen LogP contribution in [0.3, 0.4) is 0 Å². The van der Waals surface area contributed by atoms with Crippen LogP contribution in [0, 0.1) is 0 Å². The molecule has 0 aliphatic rings. The Hall–Kier alpha value is -0.830. The van der Waals surface area contributed by atoms with E-state index >= 15 is 0 Å². The summed E-state index contributed by atoms with van der Waals surface area (Å²) in [5.74, 6) is -0.857. The van der Waals surface area contributed by atoms with Gasteiger partial charge in [0.25, 0.3) is 0 Å². The number of carboxylic acid groups (broad SMARTS) is 1. The number of carboxylic acids is 1. The van der Waals surface area contributed by atoms with Gasteiger partial charge in [-0.05, 0) is 26.9 Å². The van der Waals surface area contributed by atoms with Crippen LogP contribution in [0.15, 0.2) is 11.6 Å². The number of carbonyl (C=O) groups is 1. The molecule has 0 radical (unpaired) electrons. The van der Waals surface area contributed by atoms with E-state index < -0.39 is 5.97 Å². The van der Waals surface area contributed by atoms with Crippen molar-refractivity contribution in [3.8, 4) is 0 Å². The van der Waals surface area contributed by atoms with E-state index in [9.17, 15) is 4.79 Å². The zero-order valence-corrected chi connectivity index (χ0v) is 9.42. The molecule has 0 aliphatic heterocycles. The van der Waals surface area contributed by atoms with Crippen LogP contribution < -0.4 is 0 Å². The van der Waals surface area contributed by atoms with Crippen LogP contribution in [0.2, 0.25) is 0 Å². The van der Waals surface area contributed by atoms with Crippen molar-refractivity contribution in [1.29, 1.82) is 0 Å². The lowest BCUT2D eigenvalue weighted by Crippen LogP contribution is -2.21. The molecule has 0 atom stereocenters. The Bertz CT molecular complexity index is 199. The number of nitrogens with zero attached hydrogens (tertiary/aromatic N) is 1. The molecule has 0 saturated heterocycles. The molecular formula is C11H21NO2. The van der Waals surface area contributed by atoms with Crippen molar-refractivity contribution in [3.63, 3.8) is 0 Å². The van der Waals surface area contributed by atoms with Gasteiger partial charge in [-0.2, -0.15) is 0 Å². The maximum Gasteiger partial charge on any atom is 0.328 e. The lowest BCUT2D eigenvalue weighted by Gasteiger charge is -2.16. The zero-order valence-electron chi connectivity index (χ0n) is 9.42. The van der Waals surface area contributed by atoms with Crippen molar-refractivity contribution in [3.05, 3.63) is 11.6 Å². The van der Waals surface area contributed by atoms with E-state index in [0.29, 0.717) is 0 Å². The van der Waals surface area contributed by atoms with Gasteiger partial charge < -0.3 is 10.0 Å². The molecule has 14 heavy (non-hydrogen) atoms. The van der Waals surface area contributed by atoms with Gasteiger partial charge in [0.2, 0.25) is 0 Å². The fraction of sp³-hybridized carbons (Fsp3) is 0.727.